The van der Waals surface area contributed by atoms with E-state index in [4.69, 9.17) is 17.3 Å². The topological polar surface area (TPSA) is 67.9 Å². The molecule has 4 rings (SSSR count). The Kier molecular flexibility index (Phi) is 4.97. The van der Waals surface area contributed by atoms with E-state index in [0.29, 0.717) is 21.4 Å². The average molecular weight is 390 g/mol. The highest BCUT2D eigenvalue weighted by molar-refractivity contribution is 7.99. The predicted molar refractivity (Wildman–Crippen MR) is 107 cm³/mol. The third kappa shape index (κ3) is 3.49. The number of halogens is 1. The Morgan fingerprint density at radius 1 is 1.15 bits per heavy atom. The number of nitrogens with zero attached hydrogens (tertiary/aromatic N) is 4. The summed E-state index contributed by atoms with van der Waals surface area (Å²) in [6.07, 6.45) is 11.7. The van der Waals surface area contributed by atoms with Crippen molar-refractivity contribution >= 4 is 35.0 Å². The van der Waals surface area contributed by atoms with Gasteiger partial charge in [0.1, 0.15) is 16.0 Å². The highest BCUT2D eigenvalue weighted by atomic mass is 35.5. The van der Waals surface area contributed by atoms with E-state index < -0.39 is 0 Å². The summed E-state index contributed by atoms with van der Waals surface area (Å²) in [6, 6.07) is 1.92. The molecule has 138 valence electrons. The fourth-order valence-electron chi connectivity index (χ4n) is 4.16. The van der Waals surface area contributed by atoms with Crippen LogP contribution < -0.4 is 10.6 Å². The highest BCUT2D eigenvalue weighted by Gasteiger charge is 2.37. The van der Waals surface area contributed by atoms with Gasteiger partial charge in [-0.05, 0) is 44.1 Å². The van der Waals surface area contributed by atoms with E-state index in [1.807, 2.05) is 19.2 Å². The Morgan fingerprint density at radius 2 is 1.88 bits per heavy atom. The molecule has 2 fully saturated rings. The lowest BCUT2D eigenvalue weighted by Gasteiger charge is -2.39. The van der Waals surface area contributed by atoms with Crippen molar-refractivity contribution in [2.75, 3.05) is 23.7 Å². The van der Waals surface area contributed by atoms with Crippen LogP contribution in [-0.4, -0.2) is 28.0 Å². The normalized spacial score (nSPS) is 19.2. The minimum atomic E-state index is 0.473. The zero-order chi connectivity index (χ0) is 18.1. The number of anilines is 2. The molecule has 2 aromatic heterocycles. The predicted octanol–water partition coefficient (Wildman–Crippen LogP) is 4.73. The second-order valence-corrected chi connectivity index (χ2v) is 8.83. The van der Waals surface area contributed by atoms with Crippen molar-refractivity contribution in [1.82, 2.24) is 15.0 Å². The summed E-state index contributed by atoms with van der Waals surface area (Å²) >= 11 is 7.58. The molecule has 2 N–H and O–H groups in total. The largest absolute Gasteiger partial charge is 0.381 e. The number of nitrogens with two attached hydrogens (primary N) is 1. The molecule has 1 saturated carbocycles. The van der Waals surface area contributed by atoms with E-state index in [9.17, 15) is 0 Å². The molecule has 7 heteroatoms. The lowest BCUT2D eigenvalue weighted by Crippen LogP contribution is -2.39. The van der Waals surface area contributed by atoms with Crippen LogP contribution in [0.4, 0.5) is 11.6 Å². The van der Waals surface area contributed by atoms with Crippen LogP contribution in [0.2, 0.25) is 5.15 Å². The molecule has 1 spiro atoms. The van der Waals surface area contributed by atoms with Crippen molar-refractivity contribution in [1.29, 1.82) is 0 Å². The van der Waals surface area contributed by atoms with E-state index >= 15 is 0 Å². The van der Waals surface area contributed by atoms with Gasteiger partial charge in [-0.25, -0.2) is 15.0 Å². The van der Waals surface area contributed by atoms with Gasteiger partial charge in [-0.3, -0.25) is 0 Å². The van der Waals surface area contributed by atoms with Crippen LogP contribution in [0.3, 0.4) is 0 Å². The number of piperidine rings is 1. The third-order valence-corrected chi connectivity index (χ3v) is 7.41. The summed E-state index contributed by atoms with van der Waals surface area (Å²) < 4.78 is 0. The second kappa shape index (κ2) is 7.24. The Labute approximate surface area is 163 Å². The molecule has 0 unspecified atom stereocenters. The van der Waals surface area contributed by atoms with E-state index in [0.717, 1.165) is 29.4 Å². The molecule has 2 aromatic rings. The number of hydrogen-bond acceptors (Lipinski definition) is 6. The Balaban J connectivity index is 1.47. The average Bonchev–Trinajstić information content (AvgIpc) is 3.09. The molecule has 2 aliphatic rings. The van der Waals surface area contributed by atoms with Crippen LogP contribution in [-0.2, 0) is 0 Å². The van der Waals surface area contributed by atoms with Crippen LogP contribution in [0.1, 0.15) is 44.1 Å². The Morgan fingerprint density at radius 3 is 2.58 bits per heavy atom. The van der Waals surface area contributed by atoms with Gasteiger partial charge in [0.25, 0.3) is 0 Å². The summed E-state index contributed by atoms with van der Waals surface area (Å²) in [7, 11) is 0. The molecule has 0 aromatic carbocycles. The van der Waals surface area contributed by atoms with Crippen molar-refractivity contribution in [2.24, 2.45) is 5.41 Å². The Hall–Kier alpha value is -1.53. The molecule has 1 saturated heterocycles. The molecule has 3 heterocycles. The minimum absolute atomic E-state index is 0.473. The first-order valence-electron chi connectivity index (χ1n) is 9.23. The van der Waals surface area contributed by atoms with Crippen molar-refractivity contribution in [3.05, 3.63) is 29.2 Å². The molecule has 0 atom stereocenters. The molecule has 0 amide bonds. The monoisotopic (exact) mass is 389 g/mol. The maximum atomic E-state index is 6.21. The lowest BCUT2D eigenvalue weighted by atomic mass is 9.77. The van der Waals surface area contributed by atoms with Crippen molar-refractivity contribution in [2.45, 2.75) is 55.4 Å². The molecule has 1 aliphatic carbocycles. The number of aromatic nitrogens is 3. The molecular weight excluding hydrogens is 366 g/mol. The lowest BCUT2D eigenvalue weighted by molar-refractivity contribution is 0.226. The van der Waals surface area contributed by atoms with Crippen molar-refractivity contribution in [3.8, 4) is 0 Å². The third-order valence-electron chi connectivity index (χ3n) is 5.86. The summed E-state index contributed by atoms with van der Waals surface area (Å²) in [6.45, 7) is 4.06. The fourth-order valence-corrected chi connectivity index (χ4v) is 5.21. The summed E-state index contributed by atoms with van der Waals surface area (Å²) in [5, 5.41) is 1.22. The maximum Gasteiger partial charge on any atom is 0.158 e. The van der Waals surface area contributed by atoms with Gasteiger partial charge in [-0.2, -0.15) is 0 Å². The number of nitrogen functional groups attached to an aromatic ring is 1. The molecule has 1 aliphatic heterocycles. The summed E-state index contributed by atoms with van der Waals surface area (Å²) in [4.78, 5) is 16.6. The Bertz CT molecular complexity index is 797. The first kappa shape index (κ1) is 17.9. The van der Waals surface area contributed by atoms with E-state index in [1.54, 1.807) is 6.20 Å². The maximum absolute atomic E-state index is 6.21. The van der Waals surface area contributed by atoms with Crippen LogP contribution >= 0.6 is 23.4 Å². The standard InChI is InChI=1S/C19H24ClN5S/c1-13-14(4-9-22-16(13)20)26-18-17(21)24-15(12-23-18)25-10-7-19(8-11-25)5-2-3-6-19/h4,9,12H,2-3,5-8,10-11H2,1H3,(H2,21,24). The van der Waals surface area contributed by atoms with Gasteiger partial charge in [0.05, 0.1) is 6.20 Å². The van der Waals surface area contributed by atoms with Crippen LogP contribution in [0.25, 0.3) is 0 Å². The summed E-state index contributed by atoms with van der Waals surface area (Å²) in [5.74, 6) is 1.37. The smallest absolute Gasteiger partial charge is 0.158 e. The van der Waals surface area contributed by atoms with Crippen molar-refractivity contribution in [3.63, 3.8) is 0 Å². The van der Waals surface area contributed by atoms with Crippen LogP contribution in [0, 0.1) is 12.3 Å². The zero-order valence-corrected chi connectivity index (χ0v) is 16.6. The van der Waals surface area contributed by atoms with Gasteiger partial charge in [0.2, 0.25) is 0 Å². The van der Waals surface area contributed by atoms with E-state index in [1.165, 1.54) is 50.3 Å². The fraction of sp³-hybridized carbons (Fsp3) is 0.526. The zero-order valence-electron chi connectivity index (χ0n) is 15.0. The van der Waals surface area contributed by atoms with Gasteiger partial charge in [0.15, 0.2) is 5.82 Å². The van der Waals surface area contributed by atoms with Gasteiger partial charge < -0.3 is 10.6 Å². The second-order valence-electron chi connectivity index (χ2n) is 7.44. The van der Waals surface area contributed by atoms with Gasteiger partial charge in [-0.15, -0.1) is 0 Å². The van der Waals surface area contributed by atoms with Crippen LogP contribution in [0.5, 0.6) is 0 Å². The first-order valence-corrected chi connectivity index (χ1v) is 10.4. The molecule has 0 bridgehead atoms. The van der Waals surface area contributed by atoms with E-state index in [-0.39, 0.29) is 0 Å². The first-order chi connectivity index (χ1) is 12.6. The number of rotatable bonds is 3. The molecule has 0 radical (unpaired) electrons. The quantitative estimate of drug-likeness (QED) is 0.765. The SMILES string of the molecule is Cc1c(Sc2ncc(N3CCC4(CCCC4)CC3)nc2N)ccnc1Cl. The summed E-state index contributed by atoms with van der Waals surface area (Å²) in [5.41, 5.74) is 7.74. The van der Waals surface area contributed by atoms with E-state index in [2.05, 4.69) is 19.9 Å². The molecule has 26 heavy (non-hydrogen) atoms. The molecular formula is C19H24ClN5S. The van der Waals surface area contributed by atoms with Gasteiger partial charge >= 0.3 is 0 Å². The highest BCUT2D eigenvalue weighted by Crippen LogP contribution is 2.46. The van der Waals surface area contributed by atoms with Gasteiger partial charge in [0, 0.05) is 29.7 Å². The van der Waals surface area contributed by atoms with Gasteiger partial charge in [-0.1, -0.05) is 36.2 Å². The minimum Gasteiger partial charge on any atom is -0.381 e. The molecule has 5 nitrogen and oxygen atoms in total. The number of hydrogen-bond donors (Lipinski definition) is 1. The van der Waals surface area contributed by atoms with Crippen LogP contribution in [0.15, 0.2) is 28.4 Å². The van der Waals surface area contributed by atoms with Crippen molar-refractivity contribution < 1.29 is 0 Å². The number of pyridine rings is 1.